The fourth-order valence-corrected chi connectivity index (χ4v) is 4.08. The van der Waals surface area contributed by atoms with Crippen LogP contribution >= 0.6 is 23.1 Å². The smallest absolute Gasteiger partial charge is 0.227 e. The Morgan fingerprint density at radius 3 is 2.80 bits per heavy atom. The van der Waals surface area contributed by atoms with Crippen molar-refractivity contribution in [3.05, 3.63) is 45.8 Å². The van der Waals surface area contributed by atoms with Gasteiger partial charge in [-0.05, 0) is 49.8 Å². The maximum absolute atomic E-state index is 9.41. The molecule has 128 valence electrons. The van der Waals surface area contributed by atoms with Crippen molar-refractivity contribution in [1.29, 1.82) is 5.26 Å². The van der Waals surface area contributed by atoms with Gasteiger partial charge in [0.1, 0.15) is 11.1 Å². The summed E-state index contributed by atoms with van der Waals surface area (Å²) in [5.74, 6) is 2.14. The highest BCUT2D eigenvalue weighted by Crippen LogP contribution is 2.27. The average Bonchev–Trinajstić information content (AvgIpc) is 3.28. The van der Waals surface area contributed by atoms with E-state index in [4.69, 9.17) is 4.52 Å². The normalized spacial score (nSPS) is 10.8. The zero-order valence-corrected chi connectivity index (χ0v) is 16.0. The number of rotatable bonds is 6. The number of aryl methyl sites for hydroxylation is 2. The largest absolute Gasteiger partial charge is 0.339 e. The van der Waals surface area contributed by atoms with E-state index in [0.717, 1.165) is 45.3 Å². The minimum Gasteiger partial charge on any atom is -0.339 e. The van der Waals surface area contributed by atoms with Gasteiger partial charge in [-0.1, -0.05) is 11.2 Å². The predicted octanol–water partition coefficient (Wildman–Crippen LogP) is 4.71. The van der Waals surface area contributed by atoms with Crippen LogP contribution < -0.4 is 0 Å². The monoisotopic (exact) mass is 370 g/mol. The Bertz CT molecular complexity index is 910. The molecule has 0 aliphatic heterocycles. The fourth-order valence-electron chi connectivity index (χ4n) is 2.40. The molecule has 5 nitrogen and oxygen atoms in total. The second-order valence-electron chi connectivity index (χ2n) is 5.68. The third kappa shape index (κ3) is 3.91. The Morgan fingerprint density at radius 1 is 1.24 bits per heavy atom. The zero-order chi connectivity index (χ0) is 17.8. The van der Waals surface area contributed by atoms with Crippen molar-refractivity contribution >= 4 is 23.1 Å². The minimum atomic E-state index is 0.647. The predicted molar refractivity (Wildman–Crippen MR) is 99.8 cm³/mol. The molecule has 0 aromatic carbocycles. The van der Waals surface area contributed by atoms with E-state index in [9.17, 15) is 5.26 Å². The Kier molecular flexibility index (Phi) is 5.51. The highest BCUT2D eigenvalue weighted by Gasteiger charge is 2.13. The molecule has 0 aliphatic rings. The Labute approximate surface area is 155 Å². The van der Waals surface area contributed by atoms with Crippen molar-refractivity contribution in [1.82, 2.24) is 15.1 Å². The van der Waals surface area contributed by atoms with Gasteiger partial charge < -0.3 is 4.52 Å². The van der Waals surface area contributed by atoms with Crippen molar-refractivity contribution in [2.45, 2.75) is 38.6 Å². The third-order valence-corrected chi connectivity index (χ3v) is 5.99. The van der Waals surface area contributed by atoms with E-state index in [1.165, 1.54) is 0 Å². The second kappa shape index (κ2) is 7.81. The summed E-state index contributed by atoms with van der Waals surface area (Å²) in [6.45, 7) is 5.98. The maximum atomic E-state index is 9.41. The molecule has 3 aromatic heterocycles. The topological polar surface area (TPSA) is 75.6 Å². The molecule has 0 spiro atoms. The Hall–Kier alpha value is -2.17. The molecule has 0 aliphatic carbocycles. The first-order chi connectivity index (χ1) is 12.1. The van der Waals surface area contributed by atoms with Crippen LogP contribution in [0.3, 0.4) is 0 Å². The summed E-state index contributed by atoms with van der Waals surface area (Å²) in [6.07, 6.45) is 1.60. The molecule has 0 saturated carbocycles. The van der Waals surface area contributed by atoms with Crippen LogP contribution in [0.5, 0.6) is 0 Å². The van der Waals surface area contributed by atoms with Gasteiger partial charge in [-0.3, -0.25) is 0 Å². The Morgan fingerprint density at radius 2 is 2.08 bits per heavy atom. The van der Waals surface area contributed by atoms with E-state index in [1.54, 1.807) is 23.1 Å². The van der Waals surface area contributed by atoms with Crippen LogP contribution in [0.15, 0.2) is 27.1 Å². The van der Waals surface area contributed by atoms with Gasteiger partial charge in [0.15, 0.2) is 0 Å². The summed E-state index contributed by atoms with van der Waals surface area (Å²) < 4.78 is 5.31. The van der Waals surface area contributed by atoms with Gasteiger partial charge in [-0.25, -0.2) is 4.98 Å². The average molecular weight is 371 g/mol. The molecule has 3 aromatic rings. The summed E-state index contributed by atoms with van der Waals surface area (Å²) in [5, 5.41) is 16.2. The van der Waals surface area contributed by atoms with Crippen molar-refractivity contribution in [3.63, 3.8) is 0 Å². The summed E-state index contributed by atoms with van der Waals surface area (Å²) in [5.41, 5.74) is 3.78. The standard InChI is InChI=1S/C18H18N4OS2/c1-11-12(2)14(10-19)18(20-13(11)3)25-9-5-7-16-21-17(22-23-16)15-6-4-8-24-15/h4,6,8H,5,7,9H2,1-3H3. The van der Waals surface area contributed by atoms with Crippen molar-refractivity contribution < 1.29 is 4.52 Å². The molecule has 3 rings (SSSR count). The van der Waals surface area contributed by atoms with Gasteiger partial charge in [-0.2, -0.15) is 10.2 Å². The van der Waals surface area contributed by atoms with Gasteiger partial charge in [0.2, 0.25) is 11.7 Å². The van der Waals surface area contributed by atoms with Crippen LogP contribution in [0.2, 0.25) is 0 Å². The molecule has 7 heteroatoms. The van der Waals surface area contributed by atoms with Crippen LogP contribution in [-0.4, -0.2) is 20.9 Å². The molecule has 0 bridgehead atoms. The minimum absolute atomic E-state index is 0.647. The first-order valence-electron chi connectivity index (χ1n) is 7.97. The van der Waals surface area contributed by atoms with Crippen LogP contribution in [-0.2, 0) is 6.42 Å². The summed E-state index contributed by atoms with van der Waals surface area (Å²) in [6, 6.07) is 6.24. The number of pyridine rings is 1. The number of nitrogens with zero attached hydrogens (tertiary/aromatic N) is 4. The van der Waals surface area contributed by atoms with Crippen molar-refractivity contribution in [3.8, 4) is 16.8 Å². The van der Waals surface area contributed by atoms with E-state index in [2.05, 4.69) is 21.2 Å². The molecule has 0 saturated heterocycles. The third-order valence-electron chi connectivity index (χ3n) is 4.06. The van der Waals surface area contributed by atoms with Gasteiger partial charge in [0.05, 0.1) is 10.4 Å². The zero-order valence-electron chi connectivity index (χ0n) is 14.4. The number of hydrogen-bond acceptors (Lipinski definition) is 7. The summed E-state index contributed by atoms with van der Waals surface area (Å²) in [7, 11) is 0. The van der Waals surface area contributed by atoms with Gasteiger partial charge >= 0.3 is 0 Å². The van der Waals surface area contributed by atoms with E-state index in [-0.39, 0.29) is 0 Å². The number of hydrogen-bond donors (Lipinski definition) is 0. The molecule has 0 amide bonds. The summed E-state index contributed by atoms with van der Waals surface area (Å²) in [4.78, 5) is 10.0. The number of nitriles is 1. The Balaban J connectivity index is 1.58. The second-order valence-corrected chi connectivity index (χ2v) is 7.71. The van der Waals surface area contributed by atoms with Crippen LogP contribution in [0.1, 0.15) is 34.7 Å². The van der Waals surface area contributed by atoms with E-state index >= 15 is 0 Å². The van der Waals surface area contributed by atoms with Crippen molar-refractivity contribution in [2.24, 2.45) is 0 Å². The quantitative estimate of drug-likeness (QED) is 0.462. The van der Waals surface area contributed by atoms with Gasteiger partial charge in [0.25, 0.3) is 0 Å². The summed E-state index contributed by atoms with van der Waals surface area (Å²) >= 11 is 3.21. The lowest BCUT2D eigenvalue weighted by molar-refractivity contribution is 0.378. The fraction of sp³-hybridized carbons (Fsp3) is 0.333. The molecular formula is C18H18N4OS2. The first-order valence-corrected chi connectivity index (χ1v) is 9.84. The molecule has 25 heavy (non-hydrogen) atoms. The molecule has 0 fully saturated rings. The molecular weight excluding hydrogens is 352 g/mol. The maximum Gasteiger partial charge on any atom is 0.227 e. The first kappa shape index (κ1) is 17.6. The highest BCUT2D eigenvalue weighted by molar-refractivity contribution is 7.99. The van der Waals surface area contributed by atoms with E-state index in [1.807, 2.05) is 38.3 Å². The number of thiophene rings is 1. The number of aromatic nitrogens is 3. The lowest BCUT2D eigenvalue weighted by atomic mass is 10.1. The van der Waals surface area contributed by atoms with Crippen LogP contribution in [0, 0.1) is 32.1 Å². The lowest BCUT2D eigenvalue weighted by Gasteiger charge is -2.10. The van der Waals surface area contributed by atoms with E-state index < -0.39 is 0 Å². The van der Waals surface area contributed by atoms with Gasteiger partial charge in [0, 0.05) is 17.9 Å². The molecule has 0 unspecified atom stereocenters. The lowest BCUT2D eigenvalue weighted by Crippen LogP contribution is -2.00. The molecule has 0 atom stereocenters. The molecule has 0 N–H and O–H groups in total. The van der Waals surface area contributed by atoms with Crippen LogP contribution in [0.4, 0.5) is 0 Å². The van der Waals surface area contributed by atoms with E-state index in [0.29, 0.717) is 17.3 Å². The SMILES string of the molecule is Cc1nc(SCCCc2nc(-c3cccs3)no2)c(C#N)c(C)c1C. The number of thioether (sulfide) groups is 1. The molecule has 0 radical (unpaired) electrons. The van der Waals surface area contributed by atoms with Crippen LogP contribution in [0.25, 0.3) is 10.7 Å². The van der Waals surface area contributed by atoms with Gasteiger partial charge in [-0.15, -0.1) is 23.1 Å². The van der Waals surface area contributed by atoms with Crippen molar-refractivity contribution in [2.75, 3.05) is 5.75 Å². The molecule has 3 heterocycles. The highest BCUT2D eigenvalue weighted by atomic mass is 32.2.